The zero-order valence-electron chi connectivity index (χ0n) is 22.9. The lowest BCUT2D eigenvalue weighted by Gasteiger charge is -2.34. The Balaban J connectivity index is 1.36. The van der Waals surface area contributed by atoms with Gasteiger partial charge in [-0.25, -0.2) is 0 Å². The van der Waals surface area contributed by atoms with Crippen LogP contribution in [0.15, 0.2) is 170 Å². The van der Waals surface area contributed by atoms with Crippen LogP contribution in [0.1, 0.15) is 11.4 Å². The van der Waals surface area contributed by atoms with E-state index in [0.29, 0.717) is 0 Å². The molecule has 200 valence electrons. The van der Waals surface area contributed by atoms with Gasteiger partial charge in [-0.2, -0.15) is 0 Å². The molecular formula is C37H32N2P2. The predicted octanol–water partition coefficient (Wildman–Crippen LogP) is 7.77. The fourth-order valence-electron chi connectivity index (χ4n) is 5.01. The summed E-state index contributed by atoms with van der Waals surface area (Å²) in [5.41, 5.74) is 3.43. The molecule has 0 radical (unpaired) electrons. The van der Waals surface area contributed by atoms with E-state index in [9.17, 15) is 0 Å². The highest BCUT2D eigenvalue weighted by Gasteiger charge is 2.24. The first-order valence-electron chi connectivity index (χ1n) is 13.9. The largest absolute Gasteiger partial charge is 0.337 e. The Labute approximate surface area is 245 Å². The predicted molar refractivity (Wildman–Crippen MR) is 179 cm³/mol. The fraction of sp³-hybridized carbons (Fsp3) is 0.0541. The molecule has 4 heteroatoms. The Morgan fingerprint density at radius 3 is 1.32 bits per heavy atom. The van der Waals surface area contributed by atoms with E-state index in [1.54, 1.807) is 0 Å². The van der Waals surface area contributed by atoms with Gasteiger partial charge < -0.3 is 4.67 Å². The van der Waals surface area contributed by atoms with Crippen molar-refractivity contribution in [2.45, 2.75) is 12.7 Å². The van der Waals surface area contributed by atoms with Crippen LogP contribution in [0, 0.1) is 0 Å². The summed E-state index contributed by atoms with van der Waals surface area (Å²) in [4.78, 5) is 5.28. The van der Waals surface area contributed by atoms with E-state index in [1.165, 1.54) is 26.9 Å². The molecule has 41 heavy (non-hydrogen) atoms. The van der Waals surface area contributed by atoms with Gasteiger partial charge in [-0.3, -0.25) is 4.98 Å². The highest BCUT2D eigenvalue weighted by molar-refractivity contribution is 7.74. The topological polar surface area (TPSA) is 16.1 Å². The minimum atomic E-state index is -0.816. The molecule has 0 saturated carbocycles. The molecule has 6 aromatic rings. The van der Waals surface area contributed by atoms with Crippen molar-refractivity contribution in [1.82, 2.24) is 4.98 Å². The highest BCUT2D eigenvalue weighted by Crippen LogP contribution is 2.43. The first-order chi connectivity index (χ1) is 20.3. The van der Waals surface area contributed by atoms with Gasteiger partial charge in [0.25, 0.3) is 0 Å². The van der Waals surface area contributed by atoms with Crippen molar-refractivity contribution in [2.24, 2.45) is 0 Å². The number of aromatic nitrogens is 1. The van der Waals surface area contributed by atoms with Gasteiger partial charge in [0.05, 0.1) is 20.3 Å². The van der Waals surface area contributed by atoms with Crippen molar-refractivity contribution >= 4 is 42.9 Å². The number of anilines is 1. The highest BCUT2D eigenvalue weighted by atomic mass is 31.1. The second-order valence-electron chi connectivity index (χ2n) is 9.75. The summed E-state index contributed by atoms with van der Waals surface area (Å²) in [6.45, 7) is 0.724. The smallest absolute Gasteiger partial charge is 0.0646 e. The standard InChI is InChI=1S/C37H32N2P2/c1-6-19-33(20-7-1)39(41(36-25-12-4-13-26-36)37-27-14-5-15-28-37)29-31-17-16-18-32(38-31)30-40(34-21-8-2-9-22-34)35-23-10-3-11-24-35/h1-28H,29-30H2. The number of nitrogens with zero attached hydrogens (tertiary/aromatic N) is 2. The summed E-state index contributed by atoms with van der Waals surface area (Å²) in [5.74, 6) is 0. The first-order valence-corrected chi connectivity index (χ1v) is 16.7. The van der Waals surface area contributed by atoms with E-state index in [2.05, 4.69) is 175 Å². The van der Waals surface area contributed by atoms with Crippen molar-refractivity contribution in [3.8, 4) is 0 Å². The maximum absolute atomic E-state index is 5.28. The summed E-state index contributed by atoms with van der Waals surface area (Å²) in [5, 5.41) is 5.41. The SMILES string of the molecule is c1ccc(N(Cc2cccc(CP(c3ccccc3)c3ccccc3)n2)P(c2ccccc2)c2ccccc2)cc1. The van der Waals surface area contributed by atoms with Crippen LogP contribution in [0.2, 0.25) is 0 Å². The second kappa shape index (κ2) is 13.5. The molecule has 0 fully saturated rings. The van der Waals surface area contributed by atoms with Crippen molar-refractivity contribution < 1.29 is 0 Å². The van der Waals surface area contributed by atoms with Crippen molar-refractivity contribution in [1.29, 1.82) is 0 Å². The molecule has 2 nitrogen and oxygen atoms in total. The zero-order valence-corrected chi connectivity index (χ0v) is 24.7. The molecule has 0 aliphatic heterocycles. The van der Waals surface area contributed by atoms with Gasteiger partial charge in [0.15, 0.2) is 0 Å². The molecule has 0 aliphatic rings. The van der Waals surface area contributed by atoms with Crippen LogP contribution < -0.4 is 25.9 Å². The Kier molecular flexibility index (Phi) is 8.93. The molecule has 1 aromatic heterocycles. The number of para-hydroxylation sites is 1. The third-order valence-electron chi connectivity index (χ3n) is 6.93. The number of hydrogen-bond acceptors (Lipinski definition) is 2. The molecule has 0 aliphatic carbocycles. The van der Waals surface area contributed by atoms with Crippen LogP contribution in [-0.2, 0) is 12.7 Å². The monoisotopic (exact) mass is 566 g/mol. The van der Waals surface area contributed by atoms with Crippen LogP contribution in [0.3, 0.4) is 0 Å². The molecule has 0 unspecified atom stereocenters. The summed E-state index contributed by atoms with van der Waals surface area (Å²) in [7, 11) is -1.38. The van der Waals surface area contributed by atoms with Gasteiger partial charge in [0, 0.05) is 28.2 Å². The van der Waals surface area contributed by atoms with E-state index in [0.717, 1.165) is 24.1 Å². The van der Waals surface area contributed by atoms with Gasteiger partial charge in [-0.15, -0.1) is 0 Å². The Bertz CT molecular complexity index is 1550. The average Bonchev–Trinajstić information content (AvgIpc) is 3.06. The Hall–Kier alpha value is -4.09. The Morgan fingerprint density at radius 1 is 0.415 bits per heavy atom. The summed E-state index contributed by atoms with van der Waals surface area (Å²) in [6.07, 6.45) is 0.911. The molecular weight excluding hydrogens is 534 g/mol. The maximum Gasteiger partial charge on any atom is 0.0646 e. The van der Waals surface area contributed by atoms with Crippen LogP contribution in [0.4, 0.5) is 5.69 Å². The lowest BCUT2D eigenvalue weighted by Crippen LogP contribution is -2.28. The quantitative estimate of drug-likeness (QED) is 0.158. The third kappa shape index (κ3) is 6.80. The van der Waals surface area contributed by atoms with E-state index in [4.69, 9.17) is 4.98 Å². The van der Waals surface area contributed by atoms with Crippen molar-refractivity contribution in [3.63, 3.8) is 0 Å². The van der Waals surface area contributed by atoms with Gasteiger partial charge in [0.2, 0.25) is 0 Å². The second-order valence-corrected chi connectivity index (χ2v) is 14.1. The van der Waals surface area contributed by atoms with E-state index < -0.39 is 16.0 Å². The van der Waals surface area contributed by atoms with Crippen LogP contribution in [0.25, 0.3) is 0 Å². The number of pyridine rings is 1. The van der Waals surface area contributed by atoms with Gasteiger partial charge in [-0.1, -0.05) is 146 Å². The minimum Gasteiger partial charge on any atom is -0.337 e. The molecule has 0 N–H and O–H groups in total. The van der Waals surface area contributed by atoms with Crippen LogP contribution >= 0.6 is 16.0 Å². The molecule has 0 amide bonds. The molecule has 1 heterocycles. The van der Waals surface area contributed by atoms with E-state index in [1.807, 2.05) is 0 Å². The Morgan fingerprint density at radius 2 is 0.829 bits per heavy atom. The summed E-state index contributed by atoms with van der Waals surface area (Å²) in [6, 6.07) is 60.9. The molecule has 0 bridgehead atoms. The maximum atomic E-state index is 5.28. The van der Waals surface area contributed by atoms with Crippen LogP contribution in [0.5, 0.6) is 0 Å². The lowest BCUT2D eigenvalue weighted by molar-refractivity contribution is 0.956. The molecule has 0 spiro atoms. The number of rotatable bonds is 10. The minimum absolute atomic E-state index is 0.560. The number of hydrogen-bond donors (Lipinski definition) is 0. The van der Waals surface area contributed by atoms with Gasteiger partial charge >= 0.3 is 0 Å². The summed E-state index contributed by atoms with van der Waals surface area (Å²) >= 11 is 0. The molecule has 6 rings (SSSR count). The fourth-order valence-corrected chi connectivity index (χ4v) is 9.65. The van der Waals surface area contributed by atoms with Gasteiger partial charge in [-0.05, 0) is 42.8 Å². The van der Waals surface area contributed by atoms with Crippen molar-refractivity contribution in [3.05, 3.63) is 181 Å². The number of benzene rings is 5. The van der Waals surface area contributed by atoms with E-state index in [-0.39, 0.29) is 0 Å². The molecule has 0 saturated heterocycles. The normalized spacial score (nSPS) is 11.1. The zero-order chi connectivity index (χ0) is 27.7. The lowest BCUT2D eigenvalue weighted by atomic mass is 10.3. The molecule has 5 aromatic carbocycles. The average molecular weight is 567 g/mol. The molecule has 0 atom stereocenters. The van der Waals surface area contributed by atoms with Crippen LogP contribution in [-0.4, -0.2) is 4.98 Å². The first kappa shape index (κ1) is 27.1. The van der Waals surface area contributed by atoms with Gasteiger partial charge in [0.1, 0.15) is 0 Å². The van der Waals surface area contributed by atoms with E-state index >= 15 is 0 Å². The summed E-state index contributed by atoms with van der Waals surface area (Å²) < 4.78 is 2.54. The third-order valence-corrected chi connectivity index (χ3v) is 11.8. The van der Waals surface area contributed by atoms with Crippen molar-refractivity contribution in [2.75, 3.05) is 4.67 Å².